The number of amides is 2. The van der Waals surface area contributed by atoms with Crippen molar-refractivity contribution in [1.29, 1.82) is 0 Å². The molecule has 0 aromatic carbocycles. The maximum atomic E-state index is 11.6. The van der Waals surface area contributed by atoms with Crippen molar-refractivity contribution in [2.24, 2.45) is 5.73 Å². The minimum absolute atomic E-state index is 0.0128. The largest absolute Gasteiger partial charge is 0.370 e. The third kappa shape index (κ3) is 3.51. The van der Waals surface area contributed by atoms with Crippen molar-refractivity contribution in [1.82, 2.24) is 10.2 Å². The number of hydrogen-bond acceptors (Lipinski definition) is 3. The average molecular weight is 213 g/mol. The Kier molecular flexibility index (Phi) is 4.55. The van der Waals surface area contributed by atoms with Crippen molar-refractivity contribution in [2.75, 3.05) is 20.1 Å². The summed E-state index contributed by atoms with van der Waals surface area (Å²) in [5, 5.41) is 2.99. The van der Waals surface area contributed by atoms with Crippen molar-refractivity contribution in [3.05, 3.63) is 0 Å². The van der Waals surface area contributed by atoms with Gasteiger partial charge < -0.3 is 16.0 Å². The van der Waals surface area contributed by atoms with E-state index in [-0.39, 0.29) is 17.9 Å². The topological polar surface area (TPSA) is 75.4 Å². The maximum Gasteiger partial charge on any atom is 0.239 e. The first-order chi connectivity index (χ1) is 7.15. The SMILES string of the molecule is CNC1CCN(CCCCC(N)=O)C1=O. The Hall–Kier alpha value is -1.10. The van der Waals surface area contributed by atoms with E-state index in [1.54, 1.807) is 7.05 Å². The minimum atomic E-state index is -0.268. The summed E-state index contributed by atoms with van der Waals surface area (Å²) in [5.41, 5.74) is 5.03. The molecule has 0 aliphatic carbocycles. The highest BCUT2D eigenvalue weighted by atomic mass is 16.2. The third-order valence-corrected chi connectivity index (χ3v) is 2.75. The predicted octanol–water partition coefficient (Wildman–Crippen LogP) is -0.538. The van der Waals surface area contributed by atoms with Gasteiger partial charge in [-0.15, -0.1) is 0 Å². The van der Waals surface area contributed by atoms with Gasteiger partial charge in [0.25, 0.3) is 0 Å². The molecule has 0 bridgehead atoms. The number of unbranched alkanes of at least 4 members (excludes halogenated alkanes) is 1. The number of rotatable bonds is 6. The van der Waals surface area contributed by atoms with Gasteiger partial charge in [0.15, 0.2) is 0 Å². The van der Waals surface area contributed by atoms with Crippen molar-refractivity contribution in [3.8, 4) is 0 Å². The van der Waals surface area contributed by atoms with Gasteiger partial charge >= 0.3 is 0 Å². The fraction of sp³-hybridized carbons (Fsp3) is 0.800. The standard InChI is InChI=1S/C10H19N3O2/c1-12-8-5-7-13(10(8)15)6-3-2-4-9(11)14/h8,12H,2-7H2,1H3,(H2,11,14). The van der Waals surface area contributed by atoms with Gasteiger partial charge in [-0.1, -0.05) is 0 Å². The van der Waals surface area contributed by atoms with E-state index in [1.807, 2.05) is 4.90 Å². The molecule has 0 spiro atoms. The van der Waals surface area contributed by atoms with E-state index in [0.29, 0.717) is 6.42 Å². The molecule has 15 heavy (non-hydrogen) atoms. The van der Waals surface area contributed by atoms with Crippen LogP contribution in [0.5, 0.6) is 0 Å². The lowest BCUT2D eigenvalue weighted by Gasteiger charge is -2.15. The zero-order chi connectivity index (χ0) is 11.3. The number of hydrogen-bond donors (Lipinski definition) is 2. The molecule has 86 valence electrons. The van der Waals surface area contributed by atoms with Crippen LogP contribution in [0.1, 0.15) is 25.7 Å². The van der Waals surface area contributed by atoms with E-state index in [4.69, 9.17) is 5.73 Å². The predicted molar refractivity (Wildman–Crippen MR) is 57.1 cm³/mol. The fourth-order valence-corrected chi connectivity index (χ4v) is 1.83. The van der Waals surface area contributed by atoms with E-state index in [1.165, 1.54) is 0 Å². The van der Waals surface area contributed by atoms with Crippen LogP contribution in [0.2, 0.25) is 0 Å². The van der Waals surface area contributed by atoms with Crippen LogP contribution in [-0.4, -0.2) is 42.9 Å². The van der Waals surface area contributed by atoms with E-state index in [0.717, 1.165) is 32.4 Å². The van der Waals surface area contributed by atoms with Crippen molar-refractivity contribution < 1.29 is 9.59 Å². The Bertz CT molecular complexity index is 243. The van der Waals surface area contributed by atoms with Crippen LogP contribution < -0.4 is 11.1 Å². The lowest BCUT2D eigenvalue weighted by molar-refractivity contribution is -0.129. The molecule has 0 radical (unpaired) electrons. The zero-order valence-electron chi connectivity index (χ0n) is 9.16. The number of carbonyl (C=O) groups excluding carboxylic acids is 2. The highest BCUT2D eigenvalue weighted by Crippen LogP contribution is 2.11. The van der Waals surface area contributed by atoms with E-state index in [9.17, 15) is 9.59 Å². The zero-order valence-corrected chi connectivity index (χ0v) is 9.16. The van der Waals surface area contributed by atoms with Crippen LogP contribution in [0, 0.1) is 0 Å². The molecule has 5 heteroatoms. The van der Waals surface area contributed by atoms with Gasteiger partial charge in [-0.25, -0.2) is 0 Å². The monoisotopic (exact) mass is 213 g/mol. The van der Waals surface area contributed by atoms with Crippen molar-refractivity contribution >= 4 is 11.8 Å². The van der Waals surface area contributed by atoms with E-state index < -0.39 is 0 Å². The van der Waals surface area contributed by atoms with E-state index >= 15 is 0 Å². The van der Waals surface area contributed by atoms with Gasteiger partial charge in [-0.3, -0.25) is 9.59 Å². The second kappa shape index (κ2) is 5.70. The number of primary amides is 1. The molecule has 0 aromatic rings. The van der Waals surface area contributed by atoms with Gasteiger partial charge in [0.2, 0.25) is 11.8 Å². The molecule has 2 amide bonds. The smallest absolute Gasteiger partial charge is 0.239 e. The second-order valence-corrected chi connectivity index (χ2v) is 3.88. The summed E-state index contributed by atoms with van der Waals surface area (Å²) in [7, 11) is 1.80. The minimum Gasteiger partial charge on any atom is -0.370 e. The molecular formula is C10H19N3O2. The Balaban J connectivity index is 2.17. The molecule has 5 nitrogen and oxygen atoms in total. The quantitative estimate of drug-likeness (QED) is 0.582. The van der Waals surface area contributed by atoms with Crippen LogP contribution >= 0.6 is 0 Å². The number of nitrogens with one attached hydrogen (secondary N) is 1. The van der Waals surface area contributed by atoms with Crippen LogP contribution in [-0.2, 0) is 9.59 Å². The summed E-state index contributed by atoms with van der Waals surface area (Å²) in [5.74, 6) is -0.0903. The van der Waals surface area contributed by atoms with Crippen molar-refractivity contribution in [3.63, 3.8) is 0 Å². The molecular weight excluding hydrogens is 194 g/mol. The van der Waals surface area contributed by atoms with Gasteiger partial charge in [0, 0.05) is 19.5 Å². The number of carbonyl (C=O) groups is 2. The van der Waals surface area contributed by atoms with Gasteiger partial charge in [0.1, 0.15) is 0 Å². The Labute approximate surface area is 90.0 Å². The third-order valence-electron chi connectivity index (χ3n) is 2.75. The first-order valence-corrected chi connectivity index (χ1v) is 5.39. The Morgan fingerprint density at radius 1 is 1.60 bits per heavy atom. The number of likely N-dealkylation sites (tertiary alicyclic amines) is 1. The lowest BCUT2D eigenvalue weighted by atomic mass is 10.2. The molecule has 1 fully saturated rings. The molecule has 1 aliphatic rings. The van der Waals surface area contributed by atoms with Crippen LogP contribution in [0.4, 0.5) is 0 Å². The number of nitrogens with two attached hydrogens (primary N) is 1. The normalized spacial score (nSPS) is 21.0. The lowest BCUT2D eigenvalue weighted by Crippen LogP contribution is -2.36. The van der Waals surface area contributed by atoms with Crippen LogP contribution in [0.3, 0.4) is 0 Å². The summed E-state index contributed by atoms with van der Waals surface area (Å²) >= 11 is 0. The summed E-state index contributed by atoms with van der Waals surface area (Å²) in [6, 6.07) is -0.0128. The molecule has 3 N–H and O–H groups in total. The summed E-state index contributed by atoms with van der Waals surface area (Å²) < 4.78 is 0. The number of nitrogens with zero attached hydrogens (tertiary/aromatic N) is 1. The van der Waals surface area contributed by atoms with E-state index in [2.05, 4.69) is 5.32 Å². The summed E-state index contributed by atoms with van der Waals surface area (Å²) in [6.45, 7) is 1.56. The summed E-state index contributed by atoms with van der Waals surface area (Å²) in [6.07, 6.45) is 2.91. The van der Waals surface area contributed by atoms with Gasteiger partial charge in [-0.05, 0) is 26.3 Å². The molecule has 0 aromatic heterocycles. The Morgan fingerprint density at radius 3 is 2.87 bits per heavy atom. The van der Waals surface area contributed by atoms with Crippen molar-refractivity contribution in [2.45, 2.75) is 31.7 Å². The molecule has 1 heterocycles. The first kappa shape index (κ1) is 12.0. The molecule has 1 saturated heterocycles. The molecule has 1 rings (SSSR count). The molecule has 1 atom stereocenters. The van der Waals surface area contributed by atoms with Crippen LogP contribution in [0.25, 0.3) is 0 Å². The highest BCUT2D eigenvalue weighted by molar-refractivity contribution is 5.83. The first-order valence-electron chi connectivity index (χ1n) is 5.39. The molecule has 1 unspecified atom stereocenters. The molecule has 1 aliphatic heterocycles. The summed E-state index contributed by atoms with van der Waals surface area (Å²) in [4.78, 5) is 24.0. The highest BCUT2D eigenvalue weighted by Gasteiger charge is 2.29. The Morgan fingerprint density at radius 2 is 2.33 bits per heavy atom. The maximum absolute atomic E-state index is 11.6. The van der Waals surface area contributed by atoms with Gasteiger partial charge in [-0.2, -0.15) is 0 Å². The average Bonchev–Trinajstić information content (AvgIpc) is 2.54. The van der Waals surface area contributed by atoms with Gasteiger partial charge in [0.05, 0.1) is 6.04 Å². The second-order valence-electron chi connectivity index (χ2n) is 3.88. The molecule has 0 saturated carbocycles. The fourth-order valence-electron chi connectivity index (χ4n) is 1.83. The van der Waals surface area contributed by atoms with Crippen LogP contribution in [0.15, 0.2) is 0 Å². The number of likely N-dealkylation sites (N-methyl/N-ethyl adjacent to an activating group) is 1.